The number of halogens is 4. The van der Waals surface area contributed by atoms with Gasteiger partial charge in [-0.1, -0.05) is 0 Å². The number of nitrogens with zero attached hydrogens (tertiary/aromatic N) is 2. The summed E-state index contributed by atoms with van der Waals surface area (Å²) in [5.74, 6) is -1.02. The molecule has 9 heteroatoms. The number of pyridine rings is 1. The number of alkyl halides is 3. The van der Waals surface area contributed by atoms with Gasteiger partial charge in [0, 0.05) is 25.0 Å². The van der Waals surface area contributed by atoms with Gasteiger partial charge in [0.1, 0.15) is 11.6 Å². The van der Waals surface area contributed by atoms with E-state index in [9.17, 15) is 22.4 Å². The van der Waals surface area contributed by atoms with E-state index in [4.69, 9.17) is 4.74 Å². The number of hydrogen-bond acceptors (Lipinski definition) is 4. The fraction of sp³-hybridized carbons (Fsp3) is 0.429. The molecule has 1 aromatic heterocycles. The molecule has 0 spiro atoms. The number of amides is 1. The molecule has 1 aliphatic carbocycles. The molecule has 160 valence electrons. The smallest absolute Gasteiger partial charge is 0.378 e. The fourth-order valence-corrected chi connectivity index (χ4v) is 3.93. The van der Waals surface area contributed by atoms with Crippen LogP contribution in [0, 0.1) is 5.82 Å². The first-order valence-electron chi connectivity index (χ1n) is 9.86. The molecule has 0 atom stereocenters. The number of nitrogens with one attached hydrogen (secondary N) is 1. The molecule has 30 heavy (non-hydrogen) atoms. The van der Waals surface area contributed by atoms with Crippen LogP contribution in [0.15, 0.2) is 24.4 Å². The number of morpholine rings is 1. The normalized spacial score (nSPS) is 16.9. The second-order valence-corrected chi connectivity index (χ2v) is 7.41. The van der Waals surface area contributed by atoms with Gasteiger partial charge in [-0.05, 0) is 55.0 Å². The van der Waals surface area contributed by atoms with Gasteiger partial charge in [0.25, 0.3) is 5.91 Å². The highest BCUT2D eigenvalue weighted by molar-refractivity contribution is 5.96. The Hall–Kier alpha value is -2.68. The highest BCUT2D eigenvalue weighted by Crippen LogP contribution is 2.35. The van der Waals surface area contributed by atoms with Crippen LogP contribution < -0.4 is 5.32 Å². The molecule has 2 aromatic rings. The fourth-order valence-electron chi connectivity index (χ4n) is 3.93. The number of carbonyl (C=O) groups excluding carboxylic acids is 1. The largest absolute Gasteiger partial charge is 0.419 e. The van der Waals surface area contributed by atoms with Gasteiger partial charge in [-0.3, -0.25) is 4.79 Å². The molecule has 0 bridgehead atoms. The first-order valence-corrected chi connectivity index (χ1v) is 9.86. The van der Waals surface area contributed by atoms with Gasteiger partial charge in [0.05, 0.1) is 24.3 Å². The summed E-state index contributed by atoms with van der Waals surface area (Å²) in [5, 5.41) is 2.89. The molecule has 1 amide bonds. The van der Waals surface area contributed by atoms with Crippen LogP contribution in [-0.2, 0) is 23.8 Å². The van der Waals surface area contributed by atoms with Crippen molar-refractivity contribution in [3.05, 3.63) is 52.5 Å². The van der Waals surface area contributed by atoms with E-state index < -0.39 is 17.6 Å². The number of carbonyl (C=O) groups is 1. The minimum Gasteiger partial charge on any atom is -0.378 e. The van der Waals surface area contributed by atoms with Crippen molar-refractivity contribution in [3.8, 4) is 0 Å². The standard InChI is InChI=1S/C21H21F4N3O2/c22-18-6-5-13(11-17(18)21(23,24)25)27-19-15-4-2-1-3-14(15)16(12-26-19)20(29)28-7-9-30-10-8-28/h5-6,11-12H,1-4,7-10H2,(H,26,27). The zero-order chi connectivity index (χ0) is 21.3. The zero-order valence-corrected chi connectivity index (χ0v) is 16.2. The second kappa shape index (κ2) is 8.22. The predicted molar refractivity (Wildman–Crippen MR) is 102 cm³/mol. The third-order valence-electron chi connectivity index (χ3n) is 5.46. The molecular weight excluding hydrogens is 402 g/mol. The predicted octanol–water partition coefficient (Wildman–Crippen LogP) is 4.33. The Morgan fingerprint density at radius 2 is 1.80 bits per heavy atom. The molecule has 1 aliphatic heterocycles. The van der Waals surface area contributed by atoms with Gasteiger partial charge in [-0.2, -0.15) is 13.2 Å². The highest BCUT2D eigenvalue weighted by atomic mass is 19.4. The maximum Gasteiger partial charge on any atom is 0.419 e. The van der Waals surface area contributed by atoms with Crippen LogP contribution in [-0.4, -0.2) is 42.1 Å². The molecule has 1 saturated heterocycles. The summed E-state index contributed by atoms with van der Waals surface area (Å²) < 4.78 is 58.0. The third kappa shape index (κ3) is 4.12. The average molecular weight is 423 g/mol. The molecule has 2 aliphatic rings. The summed E-state index contributed by atoms with van der Waals surface area (Å²) in [6.07, 6.45) is -0.108. The van der Waals surface area contributed by atoms with Crippen molar-refractivity contribution in [3.63, 3.8) is 0 Å². The molecular formula is C21H21F4N3O2. The number of ether oxygens (including phenoxy) is 1. The minimum absolute atomic E-state index is 0.0938. The first-order chi connectivity index (χ1) is 14.3. The molecule has 0 saturated carbocycles. The lowest BCUT2D eigenvalue weighted by Crippen LogP contribution is -2.41. The van der Waals surface area contributed by atoms with Crippen molar-refractivity contribution >= 4 is 17.4 Å². The van der Waals surface area contributed by atoms with Crippen LogP contribution in [0.5, 0.6) is 0 Å². The quantitative estimate of drug-likeness (QED) is 0.747. The maximum absolute atomic E-state index is 13.6. The van der Waals surface area contributed by atoms with E-state index in [1.165, 1.54) is 12.3 Å². The summed E-state index contributed by atoms with van der Waals surface area (Å²) in [6, 6.07) is 2.77. The Balaban J connectivity index is 1.66. The number of benzene rings is 1. The van der Waals surface area contributed by atoms with E-state index in [2.05, 4.69) is 10.3 Å². The summed E-state index contributed by atoms with van der Waals surface area (Å²) in [5.41, 5.74) is 1.01. The lowest BCUT2D eigenvalue weighted by atomic mass is 9.88. The van der Waals surface area contributed by atoms with Crippen molar-refractivity contribution in [2.75, 3.05) is 31.6 Å². The van der Waals surface area contributed by atoms with Gasteiger partial charge >= 0.3 is 6.18 Å². The van der Waals surface area contributed by atoms with E-state index in [1.54, 1.807) is 4.90 Å². The van der Waals surface area contributed by atoms with E-state index in [-0.39, 0.29) is 11.6 Å². The molecule has 5 nitrogen and oxygen atoms in total. The number of hydrogen-bond donors (Lipinski definition) is 1. The molecule has 0 radical (unpaired) electrons. The molecule has 0 unspecified atom stereocenters. The zero-order valence-electron chi connectivity index (χ0n) is 16.2. The third-order valence-corrected chi connectivity index (χ3v) is 5.46. The topological polar surface area (TPSA) is 54.5 Å². The molecule has 1 N–H and O–H groups in total. The molecule has 1 fully saturated rings. The summed E-state index contributed by atoms with van der Waals surface area (Å²) in [4.78, 5) is 19.1. The van der Waals surface area contributed by atoms with Gasteiger partial charge in [-0.25, -0.2) is 9.37 Å². The van der Waals surface area contributed by atoms with Gasteiger partial charge in [0.2, 0.25) is 0 Å². The Labute approximate surface area is 171 Å². The second-order valence-electron chi connectivity index (χ2n) is 7.41. The summed E-state index contributed by atoms with van der Waals surface area (Å²) >= 11 is 0. The molecule has 4 rings (SSSR count). The number of rotatable bonds is 3. The van der Waals surface area contributed by atoms with Crippen molar-refractivity contribution < 1.29 is 27.1 Å². The Bertz CT molecular complexity index is 956. The number of anilines is 2. The summed E-state index contributed by atoms with van der Waals surface area (Å²) in [7, 11) is 0. The lowest BCUT2D eigenvalue weighted by Gasteiger charge is -2.29. The van der Waals surface area contributed by atoms with Gasteiger partial charge in [-0.15, -0.1) is 0 Å². The number of aromatic nitrogens is 1. The highest BCUT2D eigenvalue weighted by Gasteiger charge is 2.34. The van der Waals surface area contributed by atoms with Crippen LogP contribution in [0.1, 0.15) is 39.9 Å². The van der Waals surface area contributed by atoms with Crippen LogP contribution in [0.3, 0.4) is 0 Å². The monoisotopic (exact) mass is 423 g/mol. The van der Waals surface area contributed by atoms with Crippen molar-refractivity contribution in [2.45, 2.75) is 31.9 Å². The minimum atomic E-state index is -4.79. The number of fused-ring (bicyclic) bond motifs is 1. The van der Waals surface area contributed by atoms with Gasteiger partial charge < -0.3 is 15.0 Å². The molecule has 2 heterocycles. The average Bonchev–Trinajstić information content (AvgIpc) is 2.74. The Morgan fingerprint density at radius 3 is 2.50 bits per heavy atom. The van der Waals surface area contributed by atoms with Crippen molar-refractivity contribution in [2.24, 2.45) is 0 Å². The van der Waals surface area contributed by atoms with Crippen LogP contribution in [0.2, 0.25) is 0 Å². The lowest BCUT2D eigenvalue weighted by molar-refractivity contribution is -0.139. The van der Waals surface area contributed by atoms with E-state index >= 15 is 0 Å². The van der Waals surface area contributed by atoms with Crippen molar-refractivity contribution in [1.82, 2.24) is 9.88 Å². The van der Waals surface area contributed by atoms with Crippen LogP contribution >= 0.6 is 0 Å². The van der Waals surface area contributed by atoms with E-state index in [0.29, 0.717) is 50.5 Å². The SMILES string of the molecule is O=C(c1cnc(Nc2ccc(F)c(C(F)(F)F)c2)c2c1CCCC2)N1CCOCC1. The van der Waals surface area contributed by atoms with Crippen LogP contribution in [0.25, 0.3) is 0 Å². The van der Waals surface area contributed by atoms with E-state index in [0.717, 1.165) is 36.1 Å². The maximum atomic E-state index is 13.6. The summed E-state index contributed by atoms with van der Waals surface area (Å²) in [6.45, 7) is 2.02. The van der Waals surface area contributed by atoms with Crippen LogP contribution in [0.4, 0.5) is 29.1 Å². The van der Waals surface area contributed by atoms with E-state index in [1.807, 2.05) is 0 Å². The Morgan fingerprint density at radius 1 is 1.10 bits per heavy atom. The Kier molecular flexibility index (Phi) is 5.64. The molecule has 1 aromatic carbocycles. The first kappa shape index (κ1) is 20.6. The van der Waals surface area contributed by atoms with Crippen molar-refractivity contribution in [1.29, 1.82) is 0 Å². The van der Waals surface area contributed by atoms with Gasteiger partial charge in [0.15, 0.2) is 0 Å².